The van der Waals surface area contributed by atoms with Crippen molar-refractivity contribution in [1.29, 1.82) is 0 Å². The molecule has 134 valence electrons. The average Bonchev–Trinajstić information content (AvgIpc) is 2.58. The first kappa shape index (κ1) is 20.7. The van der Waals surface area contributed by atoms with Crippen LogP contribution in [-0.4, -0.2) is 49.8 Å². The van der Waals surface area contributed by atoms with Crippen LogP contribution in [0.25, 0.3) is 0 Å². The number of hydrogen-bond acceptors (Lipinski definition) is 4. The van der Waals surface area contributed by atoms with Gasteiger partial charge in [0.15, 0.2) is 5.96 Å². The molecule has 0 amide bonds. The van der Waals surface area contributed by atoms with Gasteiger partial charge in [-0.05, 0) is 25.5 Å². The normalized spacial score (nSPS) is 17.8. The molecule has 2 heterocycles. The van der Waals surface area contributed by atoms with Gasteiger partial charge in [-0.1, -0.05) is 12.1 Å². The maximum Gasteiger partial charge on any atom is 0.191 e. The van der Waals surface area contributed by atoms with E-state index in [-0.39, 0.29) is 30.1 Å². The van der Waals surface area contributed by atoms with E-state index >= 15 is 0 Å². The Labute approximate surface area is 161 Å². The molecule has 1 aromatic rings. The van der Waals surface area contributed by atoms with Crippen molar-refractivity contribution in [2.45, 2.75) is 26.5 Å². The number of nitrogens with zero attached hydrogens (tertiary/aromatic N) is 3. The second kappa shape index (κ2) is 11.2. The third-order valence-corrected chi connectivity index (χ3v) is 3.55. The van der Waals surface area contributed by atoms with Crippen LogP contribution in [0.1, 0.15) is 19.4 Å². The summed E-state index contributed by atoms with van der Waals surface area (Å²) in [5.74, 6) is 1.79. The highest BCUT2D eigenvalue weighted by atomic mass is 127. The van der Waals surface area contributed by atoms with E-state index in [9.17, 15) is 0 Å². The predicted molar refractivity (Wildman–Crippen MR) is 110 cm³/mol. The van der Waals surface area contributed by atoms with E-state index in [1.165, 1.54) is 0 Å². The lowest BCUT2D eigenvalue weighted by Gasteiger charge is -2.32. The van der Waals surface area contributed by atoms with Crippen LogP contribution in [0.5, 0.6) is 0 Å². The van der Waals surface area contributed by atoms with Gasteiger partial charge in [-0.2, -0.15) is 0 Å². The summed E-state index contributed by atoms with van der Waals surface area (Å²) in [6.45, 7) is 12.5. The number of anilines is 1. The van der Waals surface area contributed by atoms with E-state index in [1.807, 2.05) is 19.2 Å². The lowest BCUT2D eigenvalue weighted by molar-refractivity contribution is 0.0529. The molecule has 2 rings (SSSR count). The van der Waals surface area contributed by atoms with Gasteiger partial charge in [-0.25, -0.2) is 9.98 Å². The van der Waals surface area contributed by atoms with E-state index in [1.54, 1.807) is 0 Å². The zero-order valence-electron chi connectivity index (χ0n) is 14.5. The van der Waals surface area contributed by atoms with E-state index in [0.29, 0.717) is 13.1 Å². The van der Waals surface area contributed by atoms with Crippen LogP contribution < -0.4 is 15.5 Å². The molecule has 2 N–H and O–H groups in total. The maximum absolute atomic E-state index is 5.57. The molecule has 0 spiro atoms. The number of rotatable bonds is 6. The van der Waals surface area contributed by atoms with Crippen LogP contribution in [0.4, 0.5) is 5.82 Å². The Morgan fingerprint density at radius 1 is 1.50 bits per heavy atom. The summed E-state index contributed by atoms with van der Waals surface area (Å²) in [7, 11) is 0. The molecule has 7 heteroatoms. The highest BCUT2D eigenvalue weighted by Crippen LogP contribution is 2.15. The first-order valence-corrected chi connectivity index (χ1v) is 8.17. The second-order valence-corrected chi connectivity index (χ2v) is 5.52. The summed E-state index contributed by atoms with van der Waals surface area (Å²) >= 11 is 0. The van der Waals surface area contributed by atoms with Crippen LogP contribution >= 0.6 is 24.0 Å². The first-order valence-electron chi connectivity index (χ1n) is 8.17. The number of morpholine rings is 1. The highest BCUT2D eigenvalue weighted by Gasteiger charge is 2.17. The van der Waals surface area contributed by atoms with Crippen LogP contribution in [0.2, 0.25) is 0 Å². The molecule has 1 atom stereocenters. The minimum absolute atomic E-state index is 0. The molecular weight excluding hydrogens is 417 g/mol. The minimum Gasteiger partial charge on any atom is -0.375 e. The van der Waals surface area contributed by atoms with Gasteiger partial charge in [0.25, 0.3) is 0 Å². The molecule has 0 saturated carbocycles. The first-order chi connectivity index (χ1) is 11.2. The summed E-state index contributed by atoms with van der Waals surface area (Å²) in [5, 5.41) is 6.39. The molecule has 0 aliphatic carbocycles. The Morgan fingerprint density at radius 2 is 2.33 bits per heavy atom. The van der Waals surface area contributed by atoms with Crippen LogP contribution in [0.15, 0.2) is 36.0 Å². The third-order valence-electron chi connectivity index (χ3n) is 3.55. The summed E-state index contributed by atoms with van der Waals surface area (Å²) in [4.78, 5) is 11.4. The van der Waals surface area contributed by atoms with Crippen molar-refractivity contribution in [3.63, 3.8) is 0 Å². The molecule has 24 heavy (non-hydrogen) atoms. The van der Waals surface area contributed by atoms with Crippen LogP contribution in [0, 0.1) is 0 Å². The quantitative estimate of drug-likeness (QED) is 0.304. The summed E-state index contributed by atoms with van der Waals surface area (Å²) in [5.41, 5.74) is 1.09. The fourth-order valence-corrected chi connectivity index (χ4v) is 2.40. The standard InChI is InChI=1S/C17H27N5O.HI/c1-4-8-19-17(18-5-2)21-12-15-6-7-16(20-11-15)22-9-10-23-14(3)13-22;/h4,6-7,11,14H,1,5,8-10,12-13H2,2-3H3,(H2,18,19,21);1H. The van der Waals surface area contributed by atoms with Crippen molar-refractivity contribution in [2.24, 2.45) is 4.99 Å². The number of guanidine groups is 1. The van der Waals surface area contributed by atoms with Gasteiger partial charge in [0, 0.05) is 32.4 Å². The summed E-state index contributed by atoms with van der Waals surface area (Å²) < 4.78 is 5.57. The number of ether oxygens (including phenoxy) is 1. The number of aromatic nitrogens is 1. The van der Waals surface area contributed by atoms with Crippen molar-refractivity contribution in [3.8, 4) is 0 Å². The Balaban J connectivity index is 0.00000288. The monoisotopic (exact) mass is 445 g/mol. The molecule has 1 aliphatic rings. The summed E-state index contributed by atoms with van der Waals surface area (Å²) in [6.07, 6.45) is 3.97. The zero-order chi connectivity index (χ0) is 16.5. The lowest BCUT2D eigenvalue weighted by Crippen LogP contribution is -2.41. The SMILES string of the molecule is C=CCNC(=NCc1ccc(N2CCOC(C)C2)nc1)NCC.I. The second-order valence-electron chi connectivity index (χ2n) is 5.52. The zero-order valence-corrected chi connectivity index (χ0v) is 16.8. The van der Waals surface area contributed by atoms with E-state index in [0.717, 1.165) is 43.6 Å². The average molecular weight is 445 g/mol. The topological polar surface area (TPSA) is 61.8 Å². The fourth-order valence-electron chi connectivity index (χ4n) is 2.40. The Hall–Kier alpha value is -1.35. The molecule has 1 saturated heterocycles. The van der Waals surface area contributed by atoms with Crippen LogP contribution in [0.3, 0.4) is 0 Å². The van der Waals surface area contributed by atoms with E-state index < -0.39 is 0 Å². The van der Waals surface area contributed by atoms with Gasteiger partial charge in [0.05, 0.1) is 19.3 Å². The minimum atomic E-state index is 0. The van der Waals surface area contributed by atoms with Gasteiger partial charge < -0.3 is 20.3 Å². The highest BCUT2D eigenvalue weighted by molar-refractivity contribution is 14.0. The van der Waals surface area contributed by atoms with Gasteiger partial charge in [-0.15, -0.1) is 30.6 Å². The van der Waals surface area contributed by atoms with Crippen molar-refractivity contribution < 1.29 is 4.74 Å². The Kier molecular flexibility index (Phi) is 9.70. The fraction of sp³-hybridized carbons (Fsp3) is 0.529. The number of halogens is 1. The van der Waals surface area contributed by atoms with Crippen molar-refractivity contribution in [2.75, 3.05) is 37.7 Å². The smallest absolute Gasteiger partial charge is 0.191 e. The molecule has 6 nitrogen and oxygen atoms in total. The number of aliphatic imine (C=N–C) groups is 1. The maximum atomic E-state index is 5.57. The lowest BCUT2D eigenvalue weighted by atomic mass is 10.2. The number of nitrogens with one attached hydrogen (secondary N) is 2. The molecule has 1 aliphatic heterocycles. The molecule has 1 unspecified atom stereocenters. The van der Waals surface area contributed by atoms with E-state index in [2.05, 4.69) is 51.1 Å². The molecule has 1 fully saturated rings. The van der Waals surface area contributed by atoms with Gasteiger partial charge in [0.1, 0.15) is 5.82 Å². The number of pyridine rings is 1. The van der Waals surface area contributed by atoms with Gasteiger partial charge in [0.2, 0.25) is 0 Å². The number of hydrogen-bond donors (Lipinski definition) is 2. The predicted octanol–water partition coefficient (Wildman–Crippen LogP) is 2.17. The Bertz CT molecular complexity index is 520. The Morgan fingerprint density at radius 3 is 2.96 bits per heavy atom. The molecule has 0 aromatic carbocycles. The van der Waals surface area contributed by atoms with Gasteiger partial charge in [-0.3, -0.25) is 0 Å². The third kappa shape index (κ3) is 6.64. The van der Waals surface area contributed by atoms with Crippen LogP contribution in [-0.2, 0) is 11.3 Å². The largest absolute Gasteiger partial charge is 0.375 e. The molecular formula is C17H28IN5O. The van der Waals surface area contributed by atoms with Crippen molar-refractivity contribution in [3.05, 3.63) is 36.5 Å². The molecule has 0 bridgehead atoms. The van der Waals surface area contributed by atoms with Crippen molar-refractivity contribution in [1.82, 2.24) is 15.6 Å². The summed E-state index contributed by atoms with van der Waals surface area (Å²) in [6, 6.07) is 4.15. The van der Waals surface area contributed by atoms with Gasteiger partial charge >= 0.3 is 0 Å². The van der Waals surface area contributed by atoms with Crippen molar-refractivity contribution >= 4 is 35.8 Å². The molecule has 1 aromatic heterocycles. The van der Waals surface area contributed by atoms with E-state index in [4.69, 9.17) is 4.74 Å². The molecule has 0 radical (unpaired) electrons.